The lowest BCUT2D eigenvalue weighted by molar-refractivity contribution is 0.280. The fourth-order valence-electron chi connectivity index (χ4n) is 1.94. The summed E-state index contributed by atoms with van der Waals surface area (Å²) in [4.78, 5) is 4.33. The van der Waals surface area contributed by atoms with Gasteiger partial charge in [0.05, 0.1) is 31.5 Å². The first kappa shape index (κ1) is 19.9. The van der Waals surface area contributed by atoms with Crippen LogP contribution in [0.15, 0.2) is 22.7 Å². The monoisotopic (exact) mass is 402 g/mol. The van der Waals surface area contributed by atoms with E-state index in [0.29, 0.717) is 46.7 Å². The zero-order valence-corrected chi connectivity index (χ0v) is 16.3. The molecule has 0 radical (unpaired) electrons. The molecule has 0 bridgehead atoms. The summed E-state index contributed by atoms with van der Waals surface area (Å²) >= 11 is 6.79. The summed E-state index contributed by atoms with van der Waals surface area (Å²) in [7, 11) is 0. The van der Waals surface area contributed by atoms with E-state index in [4.69, 9.17) is 30.5 Å². The quantitative estimate of drug-likeness (QED) is 0.646. The first-order valence-corrected chi connectivity index (χ1v) is 11.7. The summed E-state index contributed by atoms with van der Waals surface area (Å²) in [5.41, 5.74) is -1.77. The molecular formula is C15H19N2O5PS2. The third-order valence-electron chi connectivity index (χ3n) is 3.01. The molecule has 1 heterocycles. The van der Waals surface area contributed by atoms with E-state index in [9.17, 15) is 5.11 Å². The van der Waals surface area contributed by atoms with Gasteiger partial charge in [-0.25, -0.2) is 0 Å². The van der Waals surface area contributed by atoms with E-state index in [1.807, 2.05) is 13.8 Å². The lowest BCUT2D eigenvalue weighted by atomic mass is 10.1. The lowest BCUT2D eigenvalue weighted by Crippen LogP contribution is -2.24. The van der Waals surface area contributed by atoms with Gasteiger partial charge in [0.1, 0.15) is 0 Å². The molecule has 25 heavy (non-hydrogen) atoms. The van der Waals surface area contributed by atoms with Crippen molar-refractivity contribution in [3.63, 3.8) is 0 Å². The number of aromatic nitrogens is 2. The second kappa shape index (κ2) is 9.35. The molecule has 0 aliphatic heterocycles. The van der Waals surface area contributed by atoms with Crippen molar-refractivity contribution < 1.29 is 23.8 Å². The Kier molecular flexibility index (Phi) is 7.46. The molecule has 1 aromatic heterocycles. The number of hydrogen-bond acceptors (Lipinski definition) is 9. The van der Waals surface area contributed by atoms with Crippen molar-refractivity contribution >= 4 is 41.4 Å². The Morgan fingerprint density at radius 2 is 1.88 bits per heavy atom. The van der Waals surface area contributed by atoms with Gasteiger partial charge in [0.2, 0.25) is 17.4 Å². The van der Waals surface area contributed by atoms with Gasteiger partial charge in [-0.05, 0) is 31.7 Å². The maximum absolute atomic E-state index is 9.24. The van der Waals surface area contributed by atoms with Gasteiger partial charge in [-0.15, -0.1) is 0 Å². The van der Waals surface area contributed by atoms with Crippen LogP contribution in [0.25, 0.3) is 23.9 Å². The second-order valence-electron chi connectivity index (χ2n) is 4.67. The molecule has 0 aliphatic carbocycles. The van der Waals surface area contributed by atoms with E-state index in [0.717, 1.165) is 12.5 Å². The molecule has 0 saturated carbocycles. The van der Waals surface area contributed by atoms with E-state index in [1.54, 1.807) is 18.2 Å². The van der Waals surface area contributed by atoms with Crippen LogP contribution in [0, 0.1) is 0 Å². The van der Waals surface area contributed by atoms with Gasteiger partial charge < -0.3 is 23.8 Å². The summed E-state index contributed by atoms with van der Waals surface area (Å²) < 4.78 is 16.4. The molecular weight excluding hydrogens is 383 g/mol. The van der Waals surface area contributed by atoms with Crippen molar-refractivity contribution in [2.75, 3.05) is 13.2 Å². The summed E-state index contributed by atoms with van der Waals surface area (Å²) in [6.07, 6.45) is 1.82. The zero-order valence-electron chi connectivity index (χ0n) is 13.8. The van der Waals surface area contributed by atoms with E-state index in [1.165, 1.54) is 11.4 Å². The molecule has 1 aromatic carbocycles. The van der Waals surface area contributed by atoms with Crippen LogP contribution < -0.4 is 10.4 Å². The van der Waals surface area contributed by atoms with Crippen molar-refractivity contribution in [1.82, 2.24) is 10.1 Å². The second-order valence-corrected chi connectivity index (χ2v) is 11.0. The third-order valence-corrected chi connectivity index (χ3v) is 8.40. The van der Waals surface area contributed by atoms with Crippen LogP contribution >= 0.6 is 17.1 Å². The minimum Gasteiger partial charge on any atom is -0.515 e. The van der Waals surface area contributed by atoms with Crippen LogP contribution in [-0.4, -0.2) is 33.6 Å². The first-order valence-electron chi connectivity index (χ1n) is 7.50. The van der Waals surface area contributed by atoms with E-state index in [2.05, 4.69) is 10.1 Å². The van der Waals surface area contributed by atoms with E-state index in [-0.39, 0.29) is 0 Å². The maximum atomic E-state index is 9.24. The normalized spacial score (nSPS) is 13.5. The third kappa shape index (κ3) is 5.29. The number of aliphatic hydroxyl groups excluding tert-OH is 2. The van der Waals surface area contributed by atoms with Gasteiger partial charge in [-0.2, -0.15) is 4.98 Å². The number of aliphatic hydroxyl groups is 2. The van der Waals surface area contributed by atoms with Crippen molar-refractivity contribution in [2.24, 2.45) is 0 Å². The highest BCUT2D eigenvalue weighted by molar-refractivity contribution is 8.67. The molecule has 0 fully saturated rings. The zero-order chi connectivity index (χ0) is 18.3. The molecule has 0 amide bonds. The van der Waals surface area contributed by atoms with Crippen molar-refractivity contribution in [3.8, 4) is 11.4 Å². The molecule has 0 aliphatic rings. The minimum absolute atomic E-state index is 0.379. The van der Waals surface area contributed by atoms with Crippen LogP contribution in [0.1, 0.15) is 19.7 Å². The fraction of sp³-hybridized carbons (Fsp3) is 0.333. The summed E-state index contributed by atoms with van der Waals surface area (Å²) in [5, 5.41) is 23.2. The number of benzene rings is 1. The van der Waals surface area contributed by atoms with E-state index >= 15 is 0 Å². The average molecular weight is 402 g/mol. The molecule has 10 heteroatoms. The topological polar surface area (TPSA) is 97.8 Å². The summed E-state index contributed by atoms with van der Waals surface area (Å²) in [6, 6.07) is 5.02. The SMILES string of the molecule is CCOP(=S)(OCC)SCc1nc(-c2ccc(=CO)c(=CO)c2)no1. The van der Waals surface area contributed by atoms with Crippen molar-refractivity contribution in [3.05, 3.63) is 34.5 Å². The summed E-state index contributed by atoms with van der Waals surface area (Å²) in [6.45, 7) is 4.70. The highest BCUT2D eigenvalue weighted by Crippen LogP contribution is 2.61. The Morgan fingerprint density at radius 1 is 1.20 bits per heavy atom. The minimum atomic E-state index is -2.42. The van der Waals surface area contributed by atoms with Gasteiger partial charge in [0.15, 0.2) is 0 Å². The average Bonchev–Trinajstić information content (AvgIpc) is 3.09. The predicted molar refractivity (Wildman–Crippen MR) is 102 cm³/mol. The van der Waals surface area contributed by atoms with Crippen LogP contribution in [0.4, 0.5) is 0 Å². The molecule has 7 nitrogen and oxygen atoms in total. The Morgan fingerprint density at radius 3 is 2.48 bits per heavy atom. The Balaban J connectivity index is 2.16. The molecule has 0 spiro atoms. The number of hydrogen-bond donors (Lipinski definition) is 2. The molecule has 0 saturated heterocycles. The fourth-order valence-corrected chi connectivity index (χ4v) is 6.17. The van der Waals surface area contributed by atoms with Gasteiger partial charge in [-0.3, -0.25) is 0 Å². The highest BCUT2D eigenvalue weighted by atomic mass is 32.9. The van der Waals surface area contributed by atoms with Gasteiger partial charge in [0.25, 0.3) is 0 Å². The molecule has 136 valence electrons. The van der Waals surface area contributed by atoms with Gasteiger partial charge >= 0.3 is 0 Å². The number of nitrogens with zero attached hydrogens (tertiary/aromatic N) is 2. The molecule has 0 unspecified atom stereocenters. The number of rotatable bonds is 8. The molecule has 2 N–H and O–H groups in total. The van der Waals surface area contributed by atoms with Crippen LogP contribution in [0.3, 0.4) is 0 Å². The predicted octanol–water partition coefficient (Wildman–Crippen LogP) is 2.86. The Labute approximate surface area is 154 Å². The Bertz CT molecular complexity index is 861. The smallest absolute Gasteiger partial charge is 0.247 e. The maximum Gasteiger partial charge on any atom is 0.247 e. The van der Waals surface area contributed by atoms with Crippen LogP contribution in [0.5, 0.6) is 0 Å². The van der Waals surface area contributed by atoms with E-state index < -0.39 is 5.69 Å². The van der Waals surface area contributed by atoms with Crippen molar-refractivity contribution in [2.45, 2.75) is 19.6 Å². The van der Waals surface area contributed by atoms with Crippen LogP contribution in [0.2, 0.25) is 0 Å². The van der Waals surface area contributed by atoms with Gasteiger partial charge in [-0.1, -0.05) is 28.7 Å². The lowest BCUT2D eigenvalue weighted by Gasteiger charge is -2.18. The standard InChI is InChI=1S/C15H19N2O5PS2/c1-3-20-23(24,21-4-2)25-10-14-16-15(17-22-14)11-5-6-12(8-18)13(7-11)9-19/h5-9,18-19H,3-4,10H2,1-2H3. The first-order chi connectivity index (χ1) is 12.0. The van der Waals surface area contributed by atoms with Gasteiger partial charge in [0, 0.05) is 16.0 Å². The summed E-state index contributed by atoms with van der Waals surface area (Å²) in [5.74, 6) is 1.16. The molecule has 2 aromatic rings. The molecule has 0 atom stereocenters. The molecule has 2 rings (SSSR count). The Hall–Kier alpha value is -1.38. The largest absolute Gasteiger partial charge is 0.515 e. The van der Waals surface area contributed by atoms with Crippen molar-refractivity contribution in [1.29, 1.82) is 0 Å². The highest BCUT2D eigenvalue weighted by Gasteiger charge is 2.21. The van der Waals surface area contributed by atoms with Crippen LogP contribution in [-0.2, 0) is 26.6 Å².